The van der Waals surface area contributed by atoms with Crippen LogP contribution >= 0.6 is 0 Å². The molecule has 12 heteroatoms. The maximum absolute atomic E-state index is 15.0. The van der Waals surface area contributed by atoms with Crippen LogP contribution in [0.2, 0.25) is 0 Å². The predicted octanol–water partition coefficient (Wildman–Crippen LogP) is 4.54. The molecule has 2 heterocycles. The van der Waals surface area contributed by atoms with Crippen molar-refractivity contribution >= 4 is 27.4 Å². The van der Waals surface area contributed by atoms with E-state index in [1.54, 1.807) is 24.3 Å². The molecule has 0 radical (unpaired) electrons. The number of aromatic nitrogens is 2. The number of morpholine rings is 1. The van der Waals surface area contributed by atoms with Crippen molar-refractivity contribution in [3.63, 3.8) is 0 Å². The average Bonchev–Trinajstić information content (AvgIpc) is 2.86. The van der Waals surface area contributed by atoms with Crippen LogP contribution in [0, 0.1) is 11.6 Å². The lowest BCUT2D eigenvalue weighted by molar-refractivity contribution is 0.0985. The molecule has 38 heavy (non-hydrogen) atoms. The Balaban J connectivity index is 1.73. The van der Waals surface area contributed by atoms with Crippen molar-refractivity contribution in [2.75, 3.05) is 36.2 Å². The summed E-state index contributed by atoms with van der Waals surface area (Å²) in [5, 5.41) is 2.08. The van der Waals surface area contributed by atoms with E-state index in [9.17, 15) is 13.2 Å². The molecule has 1 aromatic heterocycles. The fourth-order valence-corrected chi connectivity index (χ4v) is 4.31. The molecular formula is C26H28F2N4O5S. The predicted molar refractivity (Wildman–Crippen MR) is 139 cm³/mol. The van der Waals surface area contributed by atoms with E-state index < -0.39 is 38.0 Å². The second-order valence-corrected chi connectivity index (χ2v) is 12.0. The third-order valence-corrected chi connectivity index (χ3v) is 8.46. The number of hydrogen-bond acceptors (Lipinski definition) is 8. The number of para-hydroxylation sites is 1. The minimum atomic E-state index is -3.62. The van der Waals surface area contributed by atoms with Gasteiger partial charge in [-0.15, -0.1) is 0 Å². The van der Waals surface area contributed by atoms with Gasteiger partial charge in [0, 0.05) is 24.4 Å². The number of amides is 1. The Kier molecular flexibility index (Phi) is 7.65. The fourth-order valence-electron chi connectivity index (χ4n) is 3.82. The van der Waals surface area contributed by atoms with Gasteiger partial charge in [-0.2, -0.15) is 0 Å². The van der Waals surface area contributed by atoms with Gasteiger partial charge in [0.25, 0.3) is 0 Å². The van der Waals surface area contributed by atoms with Gasteiger partial charge in [-0.25, -0.2) is 32.0 Å². The Labute approximate surface area is 219 Å². The third-order valence-electron chi connectivity index (χ3n) is 6.40. The summed E-state index contributed by atoms with van der Waals surface area (Å²) in [6, 6.07) is 11.5. The van der Waals surface area contributed by atoms with E-state index >= 15 is 8.78 Å². The summed E-state index contributed by atoms with van der Waals surface area (Å²) in [5.41, 5.74) is -0.562. The average molecular weight is 547 g/mol. The van der Waals surface area contributed by atoms with Crippen LogP contribution < -0.4 is 15.0 Å². The SMILES string of the molecule is CC1COCCN1c1cc(C(C)(C)S(C)(=O)=O)nc(-c2cc(F)c(NC(=O)Oc3ccccc3)c(F)c2)n1. The maximum atomic E-state index is 15.0. The molecule has 1 N–H and O–H groups in total. The first kappa shape index (κ1) is 27.4. The Bertz CT molecular complexity index is 1430. The van der Waals surface area contributed by atoms with Gasteiger partial charge < -0.3 is 14.4 Å². The highest BCUT2D eigenvalue weighted by Crippen LogP contribution is 2.33. The highest BCUT2D eigenvalue weighted by molar-refractivity contribution is 7.91. The number of sulfone groups is 1. The Morgan fingerprint density at radius 1 is 1.13 bits per heavy atom. The van der Waals surface area contributed by atoms with E-state index in [4.69, 9.17) is 9.47 Å². The van der Waals surface area contributed by atoms with Gasteiger partial charge in [-0.05, 0) is 45.0 Å². The molecule has 1 saturated heterocycles. The molecule has 1 unspecified atom stereocenters. The van der Waals surface area contributed by atoms with E-state index in [0.717, 1.165) is 18.4 Å². The van der Waals surface area contributed by atoms with Gasteiger partial charge in [0.1, 0.15) is 22.0 Å². The highest BCUT2D eigenvalue weighted by atomic mass is 32.2. The van der Waals surface area contributed by atoms with Gasteiger partial charge in [-0.3, -0.25) is 5.32 Å². The normalized spacial score (nSPS) is 16.3. The first-order chi connectivity index (χ1) is 17.9. The zero-order valence-corrected chi connectivity index (χ0v) is 22.2. The number of nitrogens with zero attached hydrogens (tertiary/aromatic N) is 3. The molecule has 0 saturated carbocycles. The number of carbonyl (C=O) groups is 1. The van der Waals surface area contributed by atoms with Crippen LogP contribution in [0.5, 0.6) is 5.75 Å². The lowest BCUT2D eigenvalue weighted by Gasteiger charge is -2.35. The van der Waals surface area contributed by atoms with Gasteiger partial charge in [0.05, 0.1) is 24.9 Å². The third kappa shape index (κ3) is 5.76. The molecule has 1 aliphatic heterocycles. The first-order valence-electron chi connectivity index (χ1n) is 11.8. The standard InChI is InChI=1S/C26H28F2N4O5S/c1-16-15-36-11-10-32(16)22-14-21(26(2,3)38(4,34)35)29-24(30-22)17-12-19(27)23(20(28)13-17)31-25(33)37-18-8-6-5-7-9-18/h5-9,12-14,16H,10-11,15H2,1-4H3,(H,31,33). The molecule has 4 rings (SSSR count). The number of hydrogen-bond donors (Lipinski definition) is 1. The molecule has 1 aliphatic rings. The summed E-state index contributed by atoms with van der Waals surface area (Å²) in [7, 11) is -3.62. The maximum Gasteiger partial charge on any atom is 0.417 e. The van der Waals surface area contributed by atoms with Gasteiger partial charge in [0.15, 0.2) is 27.3 Å². The van der Waals surface area contributed by atoms with Crippen molar-refractivity contribution in [2.45, 2.75) is 31.6 Å². The molecule has 1 atom stereocenters. The molecule has 1 amide bonds. The highest BCUT2D eigenvalue weighted by Gasteiger charge is 2.36. The molecule has 202 valence electrons. The minimum absolute atomic E-state index is 0.0321. The Morgan fingerprint density at radius 2 is 1.79 bits per heavy atom. The number of nitrogens with one attached hydrogen (secondary N) is 1. The number of carbonyl (C=O) groups excluding carboxylic acids is 1. The first-order valence-corrected chi connectivity index (χ1v) is 13.7. The van der Waals surface area contributed by atoms with Crippen molar-refractivity contribution in [3.05, 3.63) is 65.9 Å². The quantitative estimate of drug-likeness (QED) is 0.480. The summed E-state index contributed by atoms with van der Waals surface area (Å²) in [6.07, 6.45) is 0.0265. The molecule has 9 nitrogen and oxygen atoms in total. The zero-order chi connectivity index (χ0) is 27.7. The smallest absolute Gasteiger partial charge is 0.410 e. The van der Waals surface area contributed by atoms with Crippen LogP contribution in [-0.4, -0.2) is 56.5 Å². The summed E-state index contributed by atoms with van der Waals surface area (Å²) in [5.74, 6) is -1.62. The van der Waals surface area contributed by atoms with Gasteiger partial charge >= 0.3 is 6.09 Å². The Morgan fingerprint density at radius 3 is 2.39 bits per heavy atom. The molecular weight excluding hydrogens is 518 g/mol. The number of benzene rings is 2. The van der Waals surface area contributed by atoms with Gasteiger partial charge in [-0.1, -0.05) is 18.2 Å². The summed E-state index contributed by atoms with van der Waals surface area (Å²) < 4.78 is 64.4. The van der Waals surface area contributed by atoms with E-state index in [0.29, 0.717) is 25.6 Å². The van der Waals surface area contributed by atoms with Crippen LogP contribution in [-0.2, 0) is 19.3 Å². The zero-order valence-electron chi connectivity index (χ0n) is 21.4. The molecule has 3 aromatic rings. The fraction of sp³-hybridized carbons (Fsp3) is 0.346. The van der Waals surface area contributed by atoms with Crippen molar-refractivity contribution in [1.29, 1.82) is 0 Å². The molecule has 0 aliphatic carbocycles. The summed E-state index contributed by atoms with van der Waals surface area (Å²) >= 11 is 0. The van der Waals surface area contributed by atoms with Crippen molar-refractivity contribution in [2.24, 2.45) is 0 Å². The topological polar surface area (TPSA) is 111 Å². The van der Waals surface area contributed by atoms with E-state index in [1.807, 2.05) is 11.8 Å². The van der Waals surface area contributed by atoms with E-state index in [1.165, 1.54) is 26.0 Å². The molecule has 0 spiro atoms. The van der Waals surface area contributed by atoms with Crippen molar-refractivity contribution in [3.8, 4) is 17.1 Å². The van der Waals surface area contributed by atoms with Crippen LogP contribution in [0.3, 0.4) is 0 Å². The lowest BCUT2D eigenvalue weighted by atomic mass is 10.1. The molecule has 1 fully saturated rings. The lowest BCUT2D eigenvalue weighted by Crippen LogP contribution is -2.44. The largest absolute Gasteiger partial charge is 0.417 e. The monoisotopic (exact) mass is 546 g/mol. The van der Waals surface area contributed by atoms with Crippen LogP contribution in [0.1, 0.15) is 26.5 Å². The van der Waals surface area contributed by atoms with Gasteiger partial charge in [0.2, 0.25) is 0 Å². The second-order valence-electron chi connectivity index (χ2n) is 9.48. The number of rotatable bonds is 6. The summed E-state index contributed by atoms with van der Waals surface area (Å²) in [4.78, 5) is 23.0. The van der Waals surface area contributed by atoms with E-state index in [-0.39, 0.29) is 28.9 Å². The second kappa shape index (κ2) is 10.6. The minimum Gasteiger partial charge on any atom is -0.410 e. The summed E-state index contributed by atoms with van der Waals surface area (Å²) in [6.45, 7) is 6.31. The van der Waals surface area contributed by atoms with Crippen molar-refractivity contribution < 1.29 is 31.5 Å². The van der Waals surface area contributed by atoms with E-state index in [2.05, 4.69) is 15.3 Å². The number of anilines is 2. The van der Waals surface area contributed by atoms with Crippen LogP contribution in [0.4, 0.5) is 25.1 Å². The van der Waals surface area contributed by atoms with Crippen LogP contribution in [0.15, 0.2) is 48.5 Å². The van der Waals surface area contributed by atoms with Crippen LogP contribution in [0.25, 0.3) is 11.4 Å². The number of halogens is 2. The van der Waals surface area contributed by atoms with Crippen molar-refractivity contribution in [1.82, 2.24) is 9.97 Å². The Hall–Kier alpha value is -3.64. The number of ether oxygens (including phenoxy) is 2. The molecule has 0 bridgehead atoms. The molecule has 2 aromatic carbocycles.